The highest BCUT2D eigenvalue weighted by atomic mass is 32.1. The Balaban J connectivity index is 1.79. The summed E-state index contributed by atoms with van der Waals surface area (Å²) in [6.07, 6.45) is 3.21. The summed E-state index contributed by atoms with van der Waals surface area (Å²) >= 11 is 1.34. The van der Waals surface area contributed by atoms with Crippen LogP contribution in [0.3, 0.4) is 0 Å². The topological polar surface area (TPSA) is 64.6 Å². The second-order valence-corrected chi connectivity index (χ2v) is 8.05. The summed E-state index contributed by atoms with van der Waals surface area (Å²) in [6, 6.07) is 19.0. The molecule has 0 aliphatic carbocycles. The number of hydrogen-bond acceptors (Lipinski definition) is 5. The SMILES string of the molecule is CCOC(=O)c1cc(-c2ccccc2)sc1NC(=O)/C=C/c1cccc(OC(C)C)c1. The molecule has 0 atom stereocenters. The second kappa shape index (κ2) is 10.6. The van der Waals surface area contributed by atoms with Gasteiger partial charge in [-0.15, -0.1) is 11.3 Å². The van der Waals surface area contributed by atoms with Gasteiger partial charge in [-0.05, 0) is 56.2 Å². The van der Waals surface area contributed by atoms with E-state index >= 15 is 0 Å². The van der Waals surface area contributed by atoms with Crippen LogP contribution in [-0.2, 0) is 9.53 Å². The van der Waals surface area contributed by atoms with Gasteiger partial charge in [0.15, 0.2) is 0 Å². The number of hydrogen-bond donors (Lipinski definition) is 1. The molecule has 1 heterocycles. The molecule has 1 N–H and O–H groups in total. The standard InChI is InChI=1S/C25H25NO4S/c1-4-29-25(28)21-16-22(19-10-6-5-7-11-19)31-24(21)26-23(27)14-13-18-9-8-12-20(15-18)30-17(2)3/h5-17H,4H2,1-3H3,(H,26,27)/b14-13+. The first kappa shape index (κ1) is 22.3. The van der Waals surface area contributed by atoms with Crippen molar-refractivity contribution in [3.63, 3.8) is 0 Å². The zero-order valence-electron chi connectivity index (χ0n) is 17.8. The Morgan fingerprint density at radius 1 is 1.06 bits per heavy atom. The smallest absolute Gasteiger partial charge is 0.341 e. The van der Waals surface area contributed by atoms with Gasteiger partial charge < -0.3 is 14.8 Å². The molecule has 2 aromatic carbocycles. The van der Waals surface area contributed by atoms with Crippen LogP contribution in [0.4, 0.5) is 5.00 Å². The van der Waals surface area contributed by atoms with Gasteiger partial charge in [0, 0.05) is 11.0 Å². The van der Waals surface area contributed by atoms with Gasteiger partial charge >= 0.3 is 5.97 Å². The zero-order valence-corrected chi connectivity index (χ0v) is 18.6. The van der Waals surface area contributed by atoms with Crippen LogP contribution in [-0.4, -0.2) is 24.6 Å². The highest BCUT2D eigenvalue weighted by molar-refractivity contribution is 7.20. The van der Waals surface area contributed by atoms with Gasteiger partial charge in [0.05, 0.1) is 18.3 Å². The number of anilines is 1. The van der Waals surface area contributed by atoms with Crippen LogP contribution in [0.5, 0.6) is 5.75 Å². The van der Waals surface area contributed by atoms with E-state index in [1.807, 2.05) is 68.4 Å². The third-order valence-electron chi connectivity index (χ3n) is 4.18. The molecule has 0 aliphatic heterocycles. The van der Waals surface area contributed by atoms with Crippen molar-refractivity contribution in [2.75, 3.05) is 11.9 Å². The number of nitrogens with one attached hydrogen (secondary N) is 1. The fourth-order valence-electron chi connectivity index (χ4n) is 2.88. The van der Waals surface area contributed by atoms with Crippen LogP contribution in [0.1, 0.15) is 36.7 Å². The fourth-order valence-corrected chi connectivity index (χ4v) is 3.93. The number of esters is 1. The molecule has 6 heteroatoms. The molecule has 160 valence electrons. The summed E-state index contributed by atoms with van der Waals surface area (Å²) in [4.78, 5) is 25.8. The van der Waals surface area contributed by atoms with Gasteiger partial charge in [0.1, 0.15) is 10.8 Å². The maximum absolute atomic E-state index is 12.6. The van der Waals surface area contributed by atoms with Gasteiger partial charge in [-0.1, -0.05) is 42.5 Å². The van der Waals surface area contributed by atoms with Crippen LogP contribution in [0.25, 0.3) is 16.5 Å². The summed E-state index contributed by atoms with van der Waals surface area (Å²) < 4.78 is 10.8. The van der Waals surface area contributed by atoms with Crippen molar-refractivity contribution >= 4 is 34.3 Å². The van der Waals surface area contributed by atoms with Crippen molar-refractivity contribution in [2.24, 2.45) is 0 Å². The number of amides is 1. The quantitative estimate of drug-likeness (QED) is 0.346. The van der Waals surface area contributed by atoms with E-state index in [2.05, 4.69) is 5.32 Å². The largest absolute Gasteiger partial charge is 0.491 e. The van der Waals surface area contributed by atoms with Gasteiger partial charge in [0.25, 0.3) is 0 Å². The van der Waals surface area contributed by atoms with Crippen molar-refractivity contribution in [3.05, 3.63) is 77.9 Å². The second-order valence-electron chi connectivity index (χ2n) is 7.00. The van der Waals surface area contributed by atoms with Crippen molar-refractivity contribution in [3.8, 4) is 16.2 Å². The van der Waals surface area contributed by atoms with Crippen LogP contribution in [0.15, 0.2) is 66.7 Å². The summed E-state index contributed by atoms with van der Waals surface area (Å²) in [6.45, 7) is 5.93. The van der Waals surface area contributed by atoms with Crippen LogP contribution < -0.4 is 10.1 Å². The third kappa shape index (κ3) is 6.30. The van der Waals surface area contributed by atoms with E-state index in [0.717, 1.165) is 21.8 Å². The lowest BCUT2D eigenvalue weighted by molar-refractivity contribution is -0.111. The van der Waals surface area contributed by atoms with Gasteiger partial charge in [-0.2, -0.15) is 0 Å². The van der Waals surface area contributed by atoms with E-state index in [9.17, 15) is 9.59 Å². The van der Waals surface area contributed by atoms with Crippen LogP contribution >= 0.6 is 11.3 Å². The van der Waals surface area contributed by atoms with Crippen molar-refractivity contribution in [2.45, 2.75) is 26.9 Å². The van der Waals surface area contributed by atoms with Crippen LogP contribution in [0.2, 0.25) is 0 Å². The van der Waals surface area contributed by atoms with Crippen molar-refractivity contribution in [1.82, 2.24) is 0 Å². The Kier molecular flexibility index (Phi) is 7.62. The Labute approximate surface area is 186 Å². The van der Waals surface area contributed by atoms with Crippen molar-refractivity contribution < 1.29 is 19.1 Å². The number of carbonyl (C=O) groups excluding carboxylic acids is 2. The third-order valence-corrected chi connectivity index (χ3v) is 5.28. The average molecular weight is 436 g/mol. The molecule has 0 radical (unpaired) electrons. The van der Waals surface area contributed by atoms with E-state index in [0.29, 0.717) is 10.6 Å². The number of thiophene rings is 1. The Bertz CT molecular complexity index is 1070. The van der Waals surface area contributed by atoms with Gasteiger partial charge in [-0.3, -0.25) is 4.79 Å². The molecule has 0 spiro atoms. The normalized spacial score (nSPS) is 11.0. The molecular formula is C25H25NO4S. The average Bonchev–Trinajstić information content (AvgIpc) is 3.17. The zero-order chi connectivity index (χ0) is 22.2. The molecule has 0 bridgehead atoms. The Hall–Kier alpha value is -3.38. The maximum atomic E-state index is 12.6. The lowest BCUT2D eigenvalue weighted by atomic mass is 10.1. The molecule has 1 amide bonds. The first-order valence-electron chi connectivity index (χ1n) is 10.1. The molecule has 31 heavy (non-hydrogen) atoms. The van der Waals surface area contributed by atoms with E-state index in [-0.39, 0.29) is 18.6 Å². The lowest BCUT2D eigenvalue weighted by Gasteiger charge is -2.09. The molecule has 5 nitrogen and oxygen atoms in total. The molecule has 0 saturated carbocycles. The van der Waals surface area contributed by atoms with E-state index in [1.165, 1.54) is 17.4 Å². The molecule has 0 aliphatic rings. The first-order chi connectivity index (χ1) is 15.0. The Morgan fingerprint density at radius 2 is 1.84 bits per heavy atom. The number of benzene rings is 2. The Morgan fingerprint density at radius 3 is 2.55 bits per heavy atom. The number of rotatable bonds is 8. The molecule has 0 saturated heterocycles. The highest BCUT2D eigenvalue weighted by Gasteiger charge is 2.19. The van der Waals surface area contributed by atoms with Crippen molar-refractivity contribution in [1.29, 1.82) is 0 Å². The predicted molar refractivity (Wildman–Crippen MR) is 126 cm³/mol. The minimum atomic E-state index is -0.459. The van der Waals surface area contributed by atoms with Gasteiger partial charge in [-0.25, -0.2) is 4.79 Å². The fraction of sp³-hybridized carbons (Fsp3) is 0.200. The molecule has 0 unspecified atom stereocenters. The summed E-state index contributed by atoms with van der Waals surface area (Å²) in [5.41, 5.74) is 2.16. The summed E-state index contributed by atoms with van der Waals surface area (Å²) in [5, 5.41) is 3.28. The molecule has 3 aromatic rings. The van der Waals surface area contributed by atoms with E-state index < -0.39 is 5.97 Å². The predicted octanol–water partition coefficient (Wildman–Crippen LogP) is 6.03. The number of carbonyl (C=O) groups is 2. The monoisotopic (exact) mass is 435 g/mol. The van der Waals surface area contributed by atoms with Gasteiger partial charge in [0.2, 0.25) is 5.91 Å². The van der Waals surface area contributed by atoms with E-state index in [1.54, 1.807) is 19.1 Å². The molecule has 1 aromatic heterocycles. The minimum Gasteiger partial charge on any atom is -0.491 e. The first-order valence-corrected chi connectivity index (χ1v) is 10.9. The summed E-state index contributed by atoms with van der Waals surface area (Å²) in [7, 11) is 0. The highest BCUT2D eigenvalue weighted by Crippen LogP contribution is 2.36. The number of ether oxygens (including phenoxy) is 2. The van der Waals surface area contributed by atoms with Crippen LogP contribution in [0, 0.1) is 0 Å². The lowest BCUT2D eigenvalue weighted by Crippen LogP contribution is -2.11. The van der Waals surface area contributed by atoms with E-state index in [4.69, 9.17) is 9.47 Å². The maximum Gasteiger partial charge on any atom is 0.341 e. The molecule has 0 fully saturated rings. The summed E-state index contributed by atoms with van der Waals surface area (Å²) in [5.74, 6) is -0.0474. The molecule has 3 rings (SSSR count). The minimum absolute atomic E-state index is 0.0708. The molecular weight excluding hydrogens is 410 g/mol.